The van der Waals surface area contributed by atoms with Gasteiger partial charge in [-0.15, -0.1) is 0 Å². The number of nitrogens with one attached hydrogen (secondary N) is 1. The Kier molecular flexibility index (Phi) is 7.06. The summed E-state index contributed by atoms with van der Waals surface area (Å²) in [5.74, 6) is 0.813. The molecule has 1 aliphatic rings. The van der Waals surface area contributed by atoms with E-state index in [9.17, 15) is 4.79 Å². The molecule has 0 aromatic rings. The van der Waals surface area contributed by atoms with Crippen molar-refractivity contribution in [2.24, 2.45) is 5.92 Å². The Morgan fingerprint density at radius 2 is 1.83 bits per heavy atom. The lowest BCUT2D eigenvalue weighted by Crippen LogP contribution is -2.31. The maximum atomic E-state index is 11.1. The zero-order valence-corrected chi connectivity index (χ0v) is 8.52. The monoisotopic (exact) mass is 171 g/mol. The van der Waals surface area contributed by atoms with E-state index < -0.39 is 0 Å². The van der Waals surface area contributed by atoms with Crippen LogP contribution in [0, 0.1) is 5.92 Å². The number of carbonyl (C=O) groups excluding carboxylic acids is 1. The van der Waals surface area contributed by atoms with Gasteiger partial charge in [-0.1, -0.05) is 20.8 Å². The lowest BCUT2D eigenvalue weighted by Gasteiger charge is -2.20. The van der Waals surface area contributed by atoms with E-state index in [-0.39, 0.29) is 0 Å². The summed E-state index contributed by atoms with van der Waals surface area (Å²) in [6, 6.07) is 0. The minimum absolute atomic E-state index is 0.367. The normalized spacial score (nSPS) is 17.9. The van der Waals surface area contributed by atoms with E-state index in [1.54, 1.807) is 0 Å². The molecule has 0 aromatic carbocycles. The highest BCUT2D eigenvalue weighted by molar-refractivity contribution is 5.80. The molecule has 1 N–H and O–H groups in total. The second-order valence-electron chi connectivity index (χ2n) is 2.84. The van der Waals surface area contributed by atoms with Crippen LogP contribution in [0.1, 0.15) is 40.0 Å². The van der Waals surface area contributed by atoms with E-state index >= 15 is 0 Å². The zero-order valence-electron chi connectivity index (χ0n) is 8.52. The van der Waals surface area contributed by atoms with Gasteiger partial charge in [-0.2, -0.15) is 0 Å². The van der Waals surface area contributed by atoms with E-state index in [0.29, 0.717) is 18.1 Å². The van der Waals surface area contributed by atoms with Gasteiger partial charge in [0.1, 0.15) is 5.78 Å². The van der Waals surface area contributed by atoms with Crippen LogP contribution >= 0.6 is 0 Å². The van der Waals surface area contributed by atoms with Gasteiger partial charge in [0.15, 0.2) is 0 Å². The van der Waals surface area contributed by atoms with Crippen molar-refractivity contribution in [2.75, 3.05) is 13.1 Å². The highest BCUT2D eigenvalue weighted by atomic mass is 16.1. The molecule has 12 heavy (non-hydrogen) atoms. The Morgan fingerprint density at radius 1 is 1.33 bits per heavy atom. The van der Waals surface area contributed by atoms with E-state index in [0.717, 1.165) is 25.9 Å². The number of ketones is 1. The van der Waals surface area contributed by atoms with Gasteiger partial charge in [-0.3, -0.25) is 4.79 Å². The Balaban J connectivity index is 0.000000561. The first kappa shape index (κ1) is 11.6. The van der Waals surface area contributed by atoms with E-state index in [4.69, 9.17) is 0 Å². The summed E-state index contributed by atoms with van der Waals surface area (Å²) in [5.41, 5.74) is 0. The summed E-state index contributed by atoms with van der Waals surface area (Å²) in [6.45, 7) is 8.00. The van der Waals surface area contributed by atoms with Crippen LogP contribution in [0.15, 0.2) is 0 Å². The van der Waals surface area contributed by atoms with Crippen molar-refractivity contribution in [3.05, 3.63) is 0 Å². The summed E-state index contributed by atoms with van der Waals surface area (Å²) in [6.07, 6.45) is 2.81. The Bertz CT molecular complexity index is 117. The SMILES string of the molecule is CC.CCC(=O)C1CCNCC1. The highest BCUT2D eigenvalue weighted by Crippen LogP contribution is 2.13. The Hall–Kier alpha value is -0.370. The molecule has 0 saturated carbocycles. The quantitative estimate of drug-likeness (QED) is 0.688. The fourth-order valence-electron chi connectivity index (χ4n) is 1.43. The first-order chi connectivity index (χ1) is 5.84. The molecule has 0 atom stereocenters. The van der Waals surface area contributed by atoms with Crippen molar-refractivity contribution in [1.82, 2.24) is 5.32 Å². The first-order valence-corrected chi connectivity index (χ1v) is 5.08. The molecule has 72 valence electrons. The molecular weight excluding hydrogens is 150 g/mol. The van der Waals surface area contributed by atoms with Crippen LogP contribution in [0.2, 0.25) is 0 Å². The number of carbonyl (C=O) groups is 1. The average Bonchev–Trinajstić information content (AvgIpc) is 2.21. The Labute approximate surface area is 75.7 Å². The van der Waals surface area contributed by atoms with E-state index in [1.807, 2.05) is 20.8 Å². The zero-order chi connectivity index (χ0) is 9.40. The highest BCUT2D eigenvalue weighted by Gasteiger charge is 2.18. The van der Waals surface area contributed by atoms with Gasteiger partial charge in [0.2, 0.25) is 0 Å². The fraction of sp³-hybridized carbons (Fsp3) is 0.900. The number of piperidine rings is 1. The van der Waals surface area contributed by atoms with Crippen molar-refractivity contribution in [3.8, 4) is 0 Å². The number of Topliss-reactive ketones (excluding diaryl/α,β-unsaturated/α-hetero) is 1. The molecule has 0 spiro atoms. The Morgan fingerprint density at radius 3 is 2.25 bits per heavy atom. The van der Waals surface area contributed by atoms with Crippen LogP contribution in [0.3, 0.4) is 0 Å². The molecule has 0 radical (unpaired) electrons. The van der Waals surface area contributed by atoms with Crippen molar-refractivity contribution in [3.63, 3.8) is 0 Å². The van der Waals surface area contributed by atoms with Crippen molar-refractivity contribution >= 4 is 5.78 Å². The summed E-state index contributed by atoms with van der Waals surface area (Å²) in [5, 5.41) is 3.24. The largest absolute Gasteiger partial charge is 0.317 e. The third kappa shape index (κ3) is 3.86. The topological polar surface area (TPSA) is 29.1 Å². The minimum Gasteiger partial charge on any atom is -0.317 e. The molecule has 1 aliphatic heterocycles. The van der Waals surface area contributed by atoms with Gasteiger partial charge >= 0.3 is 0 Å². The van der Waals surface area contributed by atoms with Crippen LogP contribution in [0.5, 0.6) is 0 Å². The smallest absolute Gasteiger partial charge is 0.135 e. The summed E-state index contributed by atoms with van der Waals surface area (Å²) in [7, 11) is 0. The van der Waals surface area contributed by atoms with Crippen LogP contribution in [-0.2, 0) is 4.79 Å². The lowest BCUT2D eigenvalue weighted by molar-refractivity contribution is -0.123. The van der Waals surface area contributed by atoms with E-state index in [1.165, 1.54) is 0 Å². The molecule has 0 aromatic heterocycles. The van der Waals surface area contributed by atoms with Gasteiger partial charge in [0, 0.05) is 12.3 Å². The van der Waals surface area contributed by atoms with Crippen LogP contribution in [0.4, 0.5) is 0 Å². The standard InChI is InChI=1S/C8H15NO.C2H6/c1-2-8(10)7-3-5-9-6-4-7;1-2/h7,9H,2-6H2,1H3;1-2H3. The fourth-order valence-corrected chi connectivity index (χ4v) is 1.43. The maximum absolute atomic E-state index is 11.1. The van der Waals surface area contributed by atoms with Gasteiger partial charge in [0.05, 0.1) is 0 Å². The van der Waals surface area contributed by atoms with Gasteiger partial charge < -0.3 is 5.32 Å². The molecule has 1 heterocycles. The van der Waals surface area contributed by atoms with E-state index in [2.05, 4.69) is 5.32 Å². The van der Waals surface area contributed by atoms with Gasteiger partial charge in [-0.25, -0.2) is 0 Å². The minimum atomic E-state index is 0.367. The first-order valence-electron chi connectivity index (χ1n) is 5.08. The number of hydrogen-bond acceptors (Lipinski definition) is 2. The summed E-state index contributed by atoms with van der Waals surface area (Å²) < 4.78 is 0. The molecular formula is C10H21NO. The second-order valence-corrected chi connectivity index (χ2v) is 2.84. The van der Waals surface area contributed by atoms with Crippen molar-refractivity contribution < 1.29 is 4.79 Å². The third-order valence-electron chi connectivity index (χ3n) is 2.14. The molecule has 1 saturated heterocycles. The molecule has 0 bridgehead atoms. The second kappa shape index (κ2) is 7.29. The van der Waals surface area contributed by atoms with Crippen LogP contribution in [-0.4, -0.2) is 18.9 Å². The van der Waals surface area contributed by atoms with Crippen molar-refractivity contribution in [2.45, 2.75) is 40.0 Å². The van der Waals surface area contributed by atoms with Gasteiger partial charge in [-0.05, 0) is 25.9 Å². The van der Waals surface area contributed by atoms with Gasteiger partial charge in [0.25, 0.3) is 0 Å². The third-order valence-corrected chi connectivity index (χ3v) is 2.14. The molecule has 2 nitrogen and oxygen atoms in total. The predicted octanol–water partition coefficient (Wildman–Crippen LogP) is 1.99. The predicted molar refractivity (Wildman–Crippen MR) is 52.2 cm³/mol. The molecule has 0 amide bonds. The molecule has 0 unspecified atom stereocenters. The van der Waals surface area contributed by atoms with Crippen LogP contribution in [0.25, 0.3) is 0 Å². The molecule has 1 fully saturated rings. The summed E-state index contributed by atoms with van der Waals surface area (Å²) >= 11 is 0. The average molecular weight is 171 g/mol. The van der Waals surface area contributed by atoms with Crippen molar-refractivity contribution in [1.29, 1.82) is 0 Å². The molecule has 1 rings (SSSR count). The maximum Gasteiger partial charge on any atom is 0.135 e. The molecule has 0 aliphatic carbocycles. The lowest BCUT2D eigenvalue weighted by atomic mass is 9.92. The summed E-state index contributed by atoms with van der Waals surface area (Å²) in [4.78, 5) is 11.1. The number of hydrogen-bond donors (Lipinski definition) is 1. The van der Waals surface area contributed by atoms with Crippen LogP contribution < -0.4 is 5.32 Å². The molecule has 2 heteroatoms. The number of rotatable bonds is 2.